The molecule has 0 fully saturated rings. The second-order valence-electron chi connectivity index (χ2n) is 6.54. The Kier molecular flexibility index (Phi) is 3.64. The molecule has 1 aromatic heterocycles. The molecule has 0 amide bonds. The fraction of sp³-hybridized carbons (Fsp3) is 0. The summed E-state index contributed by atoms with van der Waals surface area (Å²) in [6.07, 6.45) is 1.74. The molecule has 0 atom stereocenters. The molecule has 128 valence electrons. The summed E-state index contributed by atoms with van der Waals surface area (Å²) in [5, 5.41) is 23.3. The molecule has 1 heterocycles. The zero-order chi connectivity index (χ0) is 18.4. The molecule has 0 spiro atoms. The first kappa shape index (κ1) is 15.9. The predicted octanol–water partition coefficient (Wildman–Crippen LogP) is 3.28. The highest BCUT2D eigenvalue weighted by Gasteiger charge is 2.14. The molecule has 4 nitrogen and oxygen atoms in total. The average molecular weight is 350 g/mol. The smallest absolute Gasteiger partial charge is 0.423 e. The number of benzene rings is 4. The quantitative estimate of drug-likeness (QED) is 0.379. The number of fused-ring (bicyclic) bond motifs is 6. The molecule has 2 N–H and O–H groups in total. The summed E-state index contributed by atoms with van der Waals surface area (Å²) in [7, 11) is -1.51. The van der Waals surface area contributed by atoms with Crippen LogP contribution < -0.4 is 5.46 Å². The molecule has 0 unspecified atom stereocenters. The van der Waals surface area contributed by atoms with Crippen LogP contribution in [0.4, 0.5) is 0 Å². The summed E-state index contributed by atoms with van der Waals surface area (Å²) in [6, 6.07) is 23.5. The zero-order valence-corrected chi connectivity index (χ0v) is 14.4. The summed E-state index contributed by atoms with van der Waals surface area (Å²) >= 11 is 0. The average Bonchev–Trinajstić information content (AvgIpc) is 2.73. The highest BCUT2D eigenvalue weighted by molar-refractivity contribution is 6.58. The van der Waals surface area contributed by atoms with Crippen molar-refractivity contribution >= 4 is 45.2 Å². The van der Waals surface area contributed by atoms with Crippen molar-refractivity contribution in [3.63, 3.8) is 0 Å². The van der Waals surface area contributed by atoms with E-state index in [1.165, 1.54) is 0 Å². The van der Waals surface area contributed by atoms with Crippen molar-refractivity contribution < 1.29 is 10.0 Å². The fourth-order valence-electron chi connectivity index (χ4n) is 3.62. The Morgan fingerprint density at radius 1 is 0.667 bits per heavy atom. The normalized spacial score (nSPS) is 11.3. The first-order chi connectivity index (χ1) is 13.2. The van der Waals surface area contributed by atoms with Gasteiger partial charge in [-0.1, -0.05) is 72.8 Å². The van der Waals surface area contributed by atoms with E-state index in [4.69, 9.17) is 9.97 Å². The van der Waals surface area contributed by atoms with Gasteiger partial charge in [0.25, 0.3) is 0 Å². The molecule has 0 aliphatic heterocycles. The minimum Gasteiger partial charge on any atom is -0.423 e. The van der Waals surface area contributed by atoms with Crippen LogP contribution in [0.3, 0.4) is 0 Å². The van der Waals surface area contributed by atoms with E-state index in [1.54, 1.807) is 24.4 Å². The molecule has 0 saturated heterocycles. The van der Waals surface area contributed by atoms with Crippen LogP contribution in [0.25, 0.3) is 43.8 Å². The molecule has 27 heavy (non-hydrogen) atoms. The van der Waals surface area contributed by atoms with Gasteiger partial charge in [0.1, 0.15) is 0 Å². The van der Waals surface area contributed by atoms with Crippen LogP contribution in [-0.4, -0.2) is 27.1 Å². The van der Waals surface area contributed by atoms with Crippen molar-refractivity contribution in [2.45, 2.75) is 0 Å². The van der Waals surface area contributed by atoms with Crippen molar-refractivity contribution in [1.82, 2.24) is 9.97 Å². The number of aromatic nitrogens is 2. The van der Waals surface area contributed by atoms with E-state index in [1.807, 2.05) is 30.3 Å². The second-order valence-corrected chi connectivity index (χ2v) is 6.54. The third-order valence-corrected chi connectivity index (χ3v) is 4.91. The van der Waals surface area contributed by atoms with Crippen LogP contribution in [0.15, 0.2) is 79.0 Å². The molecule has 0 saturated carbocycles. The van der Waals surface area contributed by atoms with Gasteiger partial charge in [0.15, 0.2) is 0 Å². The second kappa shape index (κ2) is 6.16. The first-order valence-electron chi connectivity index (χ1n) is 8.75. The van der Waals surface area contributed by atoms with Crippen LogP contribution in [-0.2, 0) is 0 Å². The van der Waals surface area contributed by atoms with Crippen molar-refractivity contribution in [3.8, 4) is 11.3 Å². The Morgan fingerprint density at radius 2 is 1.30 bits per heavy atom. The molecule has 4 aromatic carbocycles. The summed E-state index contributed by atoms with van der Waals surface area (Å²) in [5.41, 5.74) is 3.64. The molecule has 5 heteroatoms. The SMILES string of the molecule is OB(O)c1cccc(-c2cnc3c4ccccc4c4ccccc4c3n2)c1. The Bertz CT molecular complexity index is 1280. The van der Waals surface area contributed by atoms with Gasteiger partial charge in [-0.25, -0.2) is 4.98 Å². The largest absolute Gasteiger partial charge is 0.488 e. The van der Waals surface area contributed by atoms with Gasteiger partial charge in [0.2, 0.25) is 0 Å². The molecule has 5 rings (SSSR count). The maximum absolute atomic E-state index is 9.45. The Morgan fingerprint density at radius 3 is 1.96 bits per heavy atom. The van der Waals surface area contributed by atoms with E-state index >= 15 is 0 Å². The third-order valence-electron chi connectivity index (χ3n) is 4.91. The molecule has 0 bridgehead atoms. The van der Waals surface area contributed by atoms with Gasteiger partial charge in [0.05, 0.1) is 22.9 Å². The zero-order valence-electron chi connectivity index (χ0n) is 14.4. The van der Waals surface area contributed by atoms with Crippen LogP contribution in [0.5, 0.6) is 0 Å². The number of hydrogen-bond acceptors (Lipinski definition) is 4. The van der Waals surface area contributed by atoms with E-state index in [2.05, 4.69) is 24.3 Å². The van der Waals surface area contributed by atoms with Crippen molar-refractivity contribution in [3.05, 3.63) is 79.0 Å². The van der Waals surface area contributed by atoms with Gasteiger partial charge in [0, 0.05) is 16.3 Å². The van der Waals surface area contributed by atoms with Crippen molar-refractivity contribution in [1.29, 1.82) is 0 Å². The van der Waals surface area contributed by atoms with Gasteiger partial charge in [-0.15, -0.1) is 0 Å². The van der Waals surface area contributed by atoms with E-state index < -0.39 is 7.12 Å². The monoisotopic (exact) mass is 350 g/mol. The molecule has 0 aliphatic carbocycles. The van der Waals surface area contributed by atoms with E-state index in [0.29, 0.717) is 11.2 Å². The minimum atomic E-state index is -1.51. The lowest BCUT2D eigenvalue weighted by Gasteiger charge is -2.10. The van der Waals surface area contributed by atoms with Gasteiger partial charge in [-0.3, -0.25) is 4.98 Å². The van der Waals surface area contributed by atoms with Crippen LogP contribution >= 0.6 is 0 Å². The molecular formula is C22H15BN2O2. The summed E-state index contributed by atoms with van der Waals surface area (Å²) < 4.78 is 0. The highest BCUT2D eigenvalue weighted by Crippen LogP contribution is 2.33. The summed E-state index contributed by atoms with van der Waals surface area (Å²) in [4.78, 5) is 9.62. The van der Waals surface area contributed by atoms with E-state index in [0.717, 1.165) is 38.1 Å². The maximum Gasteiger partial charge on any atom is 0.488 e. The van der Waals surface area contributed by atoms with Crippen molar-refractivity contribution in [2.24, 2.45) is 0 Å². The Labute approximate surface area is 155 Å². The van der Waals surface area contributed by atoms with Gasteiger partial charge >= 0.3 is 7.12 Å². The summed E-state index contributed by atoms with van der Waals surface area (Å²) in [5.74, 6) is 0. The number of rotatable bonds is 2. The lowest BCUT2D eigenvalue weighted by atomic mass is 9.79. The Balaban J connectivity index is 1.85. The first-order valence-corrected chi connectivity index (χ1v) is 8.75. The molecule has 0 aliphatic rings. The standard InChI is InChI=1S/C22H15BN2O2/c26-23(27)15-7-5-6-14(12-15)20-13-24-21-18-10-3-1-8-16(18)17-9-2-4-11-19(17)22(21)25-20/h1-13,26-27H. The van der Waals surface area contributed by atoms with Crippen LogP contribution in [0, 0.1) is 0 Å². The fourth-order valence-corrected chi connectivity index (χ4v) is 3.62. The lowest BCUT2D eigenvalue weighted by Crippen LogP contribution is -2.29. The van der Waals surface area contributed by atoms with Crippen molar-refractivity contribution in [2.75, 3.05) is 0 Å². The predicted molar refractivity (Wildman–Crippen MR) is 110 cm³/mol. The van der Waals surface area contributed by atoms with E-state index in [9.17, 15) is 10.0 Å². The number of hydrogen-bond donors (Lipinski definition) is 2. The number of nitrogens with zero attached hydrogens (tertiary/aromatic N) is 2. The minimum absolute atomic E-state index is 0.428. The lowest BCUT2D eigenvalue weighted by molar-refractivity contribution is 0.426. The maximum atomic E-state index is 9.45. The molecule has 0 radical (unpaired) electrons. The molecular weight excluding hydrogens is 335 g/mol. The Hall–Kier alpha value is -3.28. The summed E-state index contributed by atoms with van der Waals surface area (Å²) in [6.45, 7) is 0. The van der Waals surface area contributed by atoms with Crippen LogP contribution in [0.1, 0.15) is 0 Å². The van der Waals surface area contributed by atoms with Gasteiger partial charge < -0.3 is 10.0 Å². The topological polar surface area (TPSA) is 66.2 Å². The van der Waals surface area contributed by atoms with Gasteiger partial charge in [-0.05, 0) is 16.2 Å². The highest BCUT2D eigenvalue weighted by atomic mass is 16.4. The van der Waals surface area contributed by atoms with E-state index in [-0.39, 0.29) is 0 Å². The third kappa shape index (κ3) is 2.56. The van der Waals surface area contributed by atoms with Crippen LogP contribution in [0.2, 0.25) is 0 Å². The molecule has 5 aromatic rings. The van der Waals surface area contributed by atoms with Gasteiger partial charge in [-0.2, -0.15) is 0 Å².